The van der Waals surface area contributed by atoms with E-state index in [4.69, 9.17) is 0 Å². The number of nitrogens with one attached hydrogen (secondary N) is 3. The maximum absolute atomic E-state index is 12.7. The number of fused-ring (bicyclic) bond motifs is 1. The number of aromatic amines is 1. The minimum Gasteiger partial charge on any atom is -0.350 e. The van der Waals surface area contributed by atoms with Crippen molar-refractivity contribution in [1.29, 1.82) is 0 Å². The third kappa shape index (κ3) is 5.63. The van der Waals surface area contributed by atoms with E-state index in [2.05, 4.69) is 35.7 Å². The Bertz CT molecular complexity index is 1400. The summed E-state index contributed by atoms with van der Waals surface area (Å²) < 4.78 is 1.83. The van der Waals surface area contributed by atoms with Crippen LogP contribution in [0.1, 0.15) is 54.5 Å². The molecular weight excluding hydrogens is 440 g/mol. The van der Waals surface area contributed by atoms with Gasteiger partial charge in [-0.1, -0.05) is 13.0 Å². The molecule has 0 atom stereocenters. The van der Waals surface area contributed by atoms with Crippen molar-refractivity contribution in [1.82, 2.24) is 30.0 Å². The second-order valence-electron chi connectivity index (χ2n) is 8.11. The second kappa shape index (κ2) is 10.8. The van der Waals surface area contributed by atoms with E-state index in [-0.39, 0.29) is 5.91 Å². The summed E-state index contributed by atoms with van der Waals surface area (Å²) in [6, 6.07) is 7.67. The molecule has 4 aromatic rings. The highest BCUT2D eigenvalue weighted by Gasteiger charge is 2.13. The first-order valence-corrected chi connectivity index (χ1v) is 11.7. The lowest BCUT2D eigenvalue weighted by Gasteiger charge is -2.08. The highest BCUT2D eigenvalue weighted by molar-refractivity contribution is 5.99. The van der Waals surface area contributed by atoms with Gasteiger partial charge in [-0.3, -0.25) is 14.5 Å². The smallest absolute Gasteiger partial charge is 0.267 e. The summed E-state index contributed by atoms with van der Waals surface area (Å²) in [5, 5.41) is 11.4. The predicted molar refractivity (Wildman–Crippen MR) is 140 cm³/mol. The number of hydrogen-bond acceptors (Lipinski definition) is 6. The number of allylic oxidation sites excluding steroid dienone is 1. The zero-order valence-electron chi connectivity index (χ0n) is 20.5. The summed E-state index contributed by atoms with van der Waals surface area (Å²) in [4.78, 5) is 29.4. The fourth-order valence-corrected chi connectivity index (χ4v) is 3.74. The monoisotopic (exact) mass is 470 g/mol. The second-order valence-corrected chi connectivity index (χ2v) is 8.11. The molecule has 3 heterocycles. The lowest BCUT2D eigenvalue weighted by atomic mass is 10.1. The summed E-state index contributed by atoms with van der Waals surface area (Å²) in [6.07, 6.45) is 10.1. The van der Waals surface area contributed by atoms with E-state index < -0.39 is 0 Å². The Morgan fingerprint density at radius 3 is 2.86 bits per heavy atom. The zero-order valence-corrected chi connectivity index (χ0v) is 20.5. The summed E-state index contributed by atoms with van der Waals surface area (Å²) in [5.74, 6) is 0.315. The molecule has 1 aromatic carbocycles. The Morgan fingerprint density at radius 2 is 2.11 bits per heavy atom. The SMILES string of the molecule is C/C=C(\N=CCC)c1ccnc(Nc2cc(C)c3[nH]c(C(=O)NCc4cnn(CC)c4)cc3c2)n1. The van der Waals surface area contributed by atoms with E-state index in [1.54, 1.807) is 12.4 Å². The van der Waals surface area contributed by atoms with E-state index >= 15 is 0 Å². The first-order chi connectivity index (χ1) is 17.0. The van der Waals surface area contributed by atoms with Crippen molar-refractivity contribution >= 4 is 40.4 Å². The van der Waals surface area contributed by atoms with Gasteiger partial charge >= 0.3 is 0 Å². The number of anilines is 2. The molecule has 1 amide bonds. The number of hydrogen-bond donors (Lipinski definition) is 3. The lowest BCUT2D eigenvalue weighted by Crippen LogP contribution is -2.22. The van der Waals surface area contributed by atoms with E-state index in [1.165, 1.54) is 0 Å². The molecule has 0 radical (unpaired) electrons. The number of carbonyl (C=O) groups excluding carboxylic acids is 1. The number of amides is 1. The molecule has 4 rings (SSSR count). The van der Waals surface area contributed by atoms with E-state index in [9.17, 15) is 4.79 Å². The molecule has 0 saturated carbocycles. The van der Waals surface area contributed by atoms with Crippen molar-refractivity contribution in [2.45, 2.75) is 47.2 Å². The van der Waals surface area contributed by atoms with Crippen molar-refractivity contribution in [3.05, 3.63) is 71.4 Å². The van der Waals surface area contributed by atoms with Crippen molar-refractivity contribution in [2.24, 2.45) is 4.99 Å². The molecule has 0 fully saturated rings. The molecule has 9 nitrogen and oxygen atoms in total. The first-order valence-electron chi connectivity index (χ1n) is 11.7. The Hall–Kier alpha value is -4.27. The van der Waals surface area contributed by atoms with Crippen LogP contribution in [0.25, 0.3) is 16.6 Å². The molecule has 0 unspecified atom stereocenters. The van der Waals surface area contributed by atoms with Gasteiger partial charge in [0.15, 0.2) is 0 Å². The highest BCUT2D eigenvalue weighted by Crippen LogP contribution is 2.26. The average molecular weight is 471 g/mol. The Labute approximate surface area is 204 Å². The molecule has 0 aliphatic carbocycles. The molecule has 0 spiro atoms. The van der Waals surface area contributed by atoms with Crippen LogP contribution in [0.4, 0.5) is 11.6 Å². The number of benzene rings is 1. The van der Waals surface area contributed by atoms with Crippen molar-refractivity contribution in [3.63, 3.8) is 0 Å². The van der Waals surface area contributed by atoms with Gasteiger partial charge in [0.2, 0.25) is 5.95 Å². The number of nitrogens with zero attached hydrogens (tertiary/aromatic N) is 5. The van der Waals surface area contributed by atoms with Crippen molar-refractivity contribution < 1.29 is 4.79 Å². The molecule has 3 aromatic heterocycles. The minimum absolute atomic E-state index is 0.165. The van der Waals surface area contributed by atoms with Crippen LogP contribution >= 0.6 is 0 Å². The number of aliphatic imine (C=N–C) groups is 1. The minimum atomic E-state index is -0.165. The van der Waals surface area contributed by atoms with Crippen molar-refractivity contribution in [2.75, 3.05) is 5.32 Å². The Kier molecular flexibility index (Phi) is 7.35. The molecular formula is C26H30N8O. The number of aryl methyl sites for hydroxylation is 2. The molecule has 0 bridgehead atoms. The number of H-pyrrole nitrogens is 1. The maximum Gasteiger partial charge on any atom is 0.267 e. The molecule has 35 heavy (non-hydrogen) atoms. The number of aromatic nitrogens is 5. The fraction of sp³-hybridized carbons (Fsp3) is 0.269. The van der Waals surface area contributed by atoms with Crippen LogP contribution in [0.3, 0.4) is 0 Å². The van der Waals surface area contributed by atoms with Gasteiger partial charge in [0.05, 0.1) is 17.6 Å². The van der Waals surface area contributed by atoms with Gasteiger partial charge in [0.1, 0.15) is 5.69 Å². The van der Waals surface area contributed by atoms with E-state index in [1.807, 2.05) is 75.1 Å². The summed E-state index contributed by atoms with van der Waals surface area (Å²) in [6.45, 7) is 9.22. The molecule has 0 aliphatic rings. The first kappa shape index (κ1) is 23.9. The zero-order chi connectivity index (χ0) is 24.8. The van der Waals surface area contributed by atoms with Gasteiger partial charge in [0.25, 0.3) is 5.91 Å². The van der Waals surface area contributed by atoms with Crippen LogP contribution in [0.15, 0.2) is 53.9 Å². The number of rotatable bonds is 9. The van der Waals surface area contributed by atoms with Gasteiger partial charge in [-0.2, -0.15) is 5.10 Å². The van der Waals surface area contributed by atoms with Crippen molar-refractivity contribution in [3.8, 4) is 0 Å². The molecule has 0 saturated heterocycles. The standard InChI is InChI=1S/C26H30N8O/c1-5-9-27-21(6-2)22-8-10-28-26(33-22)31-20-11-17(4)24-19(12-20)13-23(32-24)25(35)29-14-18-15-30-34(7-3)16-18/h6,8-13,15-16,32H,5,7,14H2,1-4H3,(H,29,35)(H,28,31,33)/b21-6-,27-9?. The average Bonchev–Trinajstić information content (AvgIpc) is 3.51. The van der Waals surface area contributed by atoms with Crippen LogP contribution in [-0.2, 0) is 13.1 Å². The van der Waals surface area contributed by atoms with E-state index in [0.717, 1.165) is 52.1 Å². The highest BCUT2D eigenvalue weighted by atomic mass is 16.1. The lowest BCUT2D eigenvalue weighted by molar-refractivity contribution is 0.0946. The van der Waals surface area contributed by atoms with Gasteiger partial charge in [-0.15, -0.1) is 0 Å². The molecule has 0 aliphatic heterocycles. The summed E-state index contributed by atoms with van der Waals surface area (Å²) >= 11 is 0. The summed E-state index contributed by atoms with van der Waals surface area (Å²) in [7, 11) is 0. The van der Waals surface area contributed by atoms with Gasteiger partial charge in [-0.25, -0.2) is 9.97 Å². The number of carbonyl (C=O) groups is 1. The van der Waals surface area contributed by atoms with Crippen LogP contribution < -0.4 is 10.6 Å². The molecule has 3 N–H and O–H groups in total. The van der Waals surface area contributed by atoms with Gasteiger partial charge < -0.3 is 15.6 Å². The normalized spacial score (nSPS) is 11.9. The van der Waals surface area contributed by atoms with Gasteiger partial charge in [0, 0.05) is 53.9 Å². The third-order valence-corrected chi connectivity index (χ3v) is 5.49. The van der Waals surface area contributed by atoms with E-state index in [0.29, 0.717) is 18.2 Å². The van der Waals surface area contributed by atoms with Crippen LogP contribution in [0, 0.1) is 6.92 Å². The maximum atomic E-state index is 12.7. The van der Waals surface area contributed by atoms with Crippen LogP contribution in [0.2, 0.25) is 0 Å². The van der Waals surface area contributed by atoms with Crippen LogP contribution in [-0.4, -0.2) is 36.9 Å². The Morgan fingerprint density at radius 1 is 1.26 bits per heavy atom. The fourth-order valence-electron chi connectivity index (χ4n) is 3.74. The third-order valence-electron chi connectivity index (χ3n) is 5.49. The Balaban J connectivity index is 1.51. The quantitative estimate of drug-likeness (QED) is 0.298. The summed E-state index contributed by atoms with van der Waals surface area (Å²) in [5.41, 5.74) is 5.77. The predicted octanol–water partition coefficient (Wildman–Crippen LogP) is 5.00. The molecule has 9 heteroatoms. The largest absolute Gasteiger partial charge is 0.350 e. The van der Waals surface area contributed by atoms with Crippen LogP contribution in [0.5, 0.6) is 0 Å². The molecule has 180 valence electrons. The van der Waals surface area contributed by atoms with Gasteiger partial charge in [-0.05, 0) is 57.0 Å². The topological polar surface area (TPSA) is 113 Å².